The van der Waals surface area contributed by atoms with Gasteiger partial charge in [0.05, 0.1) is 23.5 Å². The van der Waals surface area contributed by atoms with Crippen LogP contribution in [0.1, 0.15) is 49.3 Å². The van der Waals surface area contributed by atoms with Crippen molar-refractivity contribution in [1.82, 2.24) is 19.8 Å². The Morgan fingerprint density at radius 1 is 0.914 bits per heavy atom. The topological polar surface area (TPSA) is 50.2 Å². The first kappa shape index (κ1) is 23.5. The Hall–Kier alpha value is -3.28. The molecule has 35 heavy (non-hydrogen) atoms. The van der Waals surface area contributed by atoms with Crippen LogP contribution in [-0.4, -0.2) is 34.1 Å². The fraction of sp³-hybridized carbons (Fsp3) is 0.333. The molecule has 0 aliphatic carbocycles. The number of rotatable bonds is 6. The third-order valence-corrected chi connectivity index (χ3v) is 7.05. The van der Waals surface area contributed by atoms with E-state index in [0.717, 1.165) is 43.0 Å². The largest absolute Gasteiger partial charge is 0.315 e. The van der Waals surface area contributed by atoms with Crippen molar-refractivity contribution in [1.29, 1.82) is 0 Å². The average Bonchev–Trinajstić information content (AvgIpc) is 3.13. The Morgan fingerprint density at radius 2 is 1.60 bits per heavy atom. The molecule has 0 radical (unpaired) electrons. The maximum Gasteiger partial charge on any atom is 0.261 e. The van der Waals surface area contributed by atoms with E-state index in [9.17, 15) is 4.79 Å². The van der Waals surface area contributed by atoms with Crippen molar-refractivity contribution < 1.29 is 0 Å². The predicted octanol–water partition coefficient (Wildman–Crippen LogP) is 5.18. The standard InChI is InChI=1S/C30H34N4O/c1-22(2)28(33-20-19-31-18-17-27(33)24-13-7-4-8-14-24)29-32-26-16-10-9-15-25(26)30(35)34(29)21-23-11-5-3-6-12-23/h3-16,22,27-28,31H,17-21H2,1-2H3. The molecule has 0 amide bonds. The summed E-state index contributed by atoms with van der Waals surface area (Å²) in [5.41, 5.74) is 3.23. The Kier molecular flexibility index (Phi) is 7.07. The molecule has 1 aliphatic heterocycles. The first-order valence-corrected chi connectivity index (χ1v) is 12.7. The minimum absolute atomic E-state index is 0.00104. The van der Waals surface area contributed by atoms with E-state index in [0.29, 0.717) is 11.9 Å². The lowest BCUT2D eigenvalue weighted by Gasteiger charge is -2.39. The molecule has 1 aliphatic rings. The molecule has 2 heterocycles. The maximum atomic E-state index is 13.9. The summed E-state index contributed by atoms with van der Waals surface area (Å²) in [6.45, 7) is 7.80. The van der Waals surface area contributed by atoms with Crippen LogP contribution in [0.2, 0.25) is 0 Å². The zero-order valence-electron chi connectivity index (χ0n) is 20.6. The third kappa shape index (κ3) is 4.93. The van der Waals surface area contributed by atoms with E-state index in [1.807, 2.05) is 47.0 Å². The lowest BCUT2D eigenvalue weighted by molar-refractivity contribution is 0.0977. The van der Waals surface area contributed by atoms with Crippen molar-refractivity contribution in [3.8, 4) is 0 Å². The van der Waals surface area contributed by atoms with E-state index in [1.54, 1.807) is 0 Å². The highest BCUT2D eigenvalue weighted by Crippen LogP contribution is 2.37. The van der Waals surface area contributed by atoms with Gasteiger partial charge in [-0.2, -0.15) is 0 Å². The number of hydrogen-bond acceptors (Lipinski definition) is 4. The predicted molar refractivity (Wildman–Crippen MR) is 143 cm³/mol. The number of hydrogen-bond donors (Lipinski definition) is 1. The summed E-state index contributed by atoms with van der Waals surface area (Å²) < 4.78 is 1.92. The summed E-state index contributed by atoms with van der Waals surface area (Å²) in [5.74, 6) is 1.13. The molecule has 0 saturated carbocycles. The van der Waals surface area contributed by atoms with Gasteiger partial charge in [0.1, 0.15) is 5.82 Å². The molecule has 1 fully saturated rings. The van der Waals surface area contributed by atoms with Gasteiger partial charge in [-0.05, 0) is 42.1 Å². The molecule has 0 bridgehead atoms. The lowest BCUT2D eigenvalue weighted by atomic mass is 9.94. The van der Waals surface area contributed by atoms with Crippen LogP contribution in [0.5, 0.6) is 0 Å². The highest BCUT2D eigenvalue weighted by molar-refractivity contribution is 5.77. The summed E-state index contributed by atoms with van der Waals surface area (Å²) in [4.78, 5) is 21.6. The zero-order valence-corrected chi connectivity index (χ0v) is 20.6. The molecule has 2 unspecified atom stereocenters. The van der Waals surface area contributed by atoms with Crippen LogP contribution in [-0.2, 0) is 6.54 Å². The highest BCUT2D eigenvalue weighted by Gasteiger charge is 2.34. The van der Waals surface area contributed by atoms with Crippen LogP contribution >= 0.6 is 0 Å². The lowest BCUT2D eigenvalue weighted by Crippen LogP contribution is -2.41. The molecule has 1 saturated heterocycles. The quantitative estimate of drug-likeness (QED) is 0.426. The number of aromatic nitrogens is 2. The molecule has 5 rings (SSSR count). The molecule has 0 spiro atoms. The molecule has 5 heteroatoms. The minimum atomic E-state index is 0.00104. The second-order valence-electron chi connectivity index (χ2n) is 9.76. The summed E-state index contributed by atoms with van der Waals surface area (Å²) in [6, 6.07) is 29.0. The molecule has 4 aromatic rings. The summed E-state index contributed by atoms with van der Waals surface area (Å²) >= 11 is 0. The number of nitrogens with zero attached hydrogens (tertiary/aromatic N) is 3. The normalized spacial score (nSPS) is 18.0. The Balaban J connectivity index is 1.69. The molecule has 5 nitrogen and oxygen atoms in total. The first-order chi connectivity index (χ1) is 17.1. The van der Waals surface area contributed by atoms with Gasteiger partial charge in [0.25, 0.3) is 5.56 Å². The van der Waals surface area contributed by atoms with Crippen LogP contribution < -0.4 is 10.9 Å². The van der Waals surface area contributed by atoms with Gasteiger partial charge in [0, 0.05) is 19.1 Å². The van der Waals surface area contributed by atoms with E-state index in [2.05, 4.69) is 66.5 Å². The second-order valence-corrected chi connectivity index (χ2v) is 9.76. The van der Waals surface area contributed by atoms with E-state index in [4.69, 9.17) is 4.98 Å². The number of nitrogens with one attached hydrogen (secondary N) is 1. The van der Waals surface area contributed by atoms with Crippen molar-refractivity contribution in [2.45, 2.75) is 38.9 Å². The Bertz CT molecular complexity index is 1320. The number of benzene rings is 3. The van der Waals surface area contributed by atoms with Gasteiger partial charge in [-0.3, -0.25) is 14.3 Å². The van der Waals surface area contributed by atoms with Gasteiger partial charge < -0.3 is 5.32 Å². The van der Waals surface area contributed by atoms with Crippen LogP contribution in [0.25, 0.3) is 10.9 Å². The molecule has 1 aromatic heterocycles. The summed E-state index contributed by atoms with van der Waals surface area (Å²) in [6.07, 6.45) is 1.02. The van der Waals surface area contributed by atoms with Crippen molar-refractivity contribution in [2.24, 2.45) is 5.92 Å². The molecule has 180 valence electrons. The van der Waals surface area contributed by atoms with Crippen molar-refractivity contribution >= 4 is 10.9 Å². The highest BCUT2D eigenvalue weighted by atomic mass is 16.1. The van der Waals surface area contributed by atoms with E-state index in [1.165, 1.54) is 5.56 Å². The van der Waals surface area contributed by atoms with Gasteiger partial charge in [0.2, 0.25) is 0 Å². The average molecular weight is 467 g/mol. The van der Waals surface area contributed by atoms with Gasteiger partial charge in [-0.25, -0.2) is 4.98 Å². The monoisotopic (exact) mass is 466 g/mol. The first-order valence-electron chi connectivity index (χ1n) is 12.7. The maximum absolute atomic E-state index is 13.9. The molecular formula is C30H34N4O. The summed E-state index contributed by atoms with van der Waals surface area (Å²) in [5, 5.41) is 4.26. The van der Waals surface area contributed by atoms with Crippen molar-refractivity contribution in [2.75, 3.05) is 19.6 Å². The number of para-hydroxylation sites is 1. The van der Waals surface area contributed by atoms with Gasteiger partial charge >= 0.3 is 0 Å². The van der Waals surface area contributed by atoms with Crippen molar-refractivity contribution in [3.63, 3.8) is 0 Å². The molecule has 1 N–H and O–H groups in total. The number of fused-ring (bicyclic) bond motifs is 1. The van der Waals surface area contributed by atoms with Gasteiger partial charge in [-0.15, -0.1) is 0 Å². The smallest absolute Gasteiger partial charge is 0.261 e. The van der Waals surface area contributed by atoms with Crippen LogP contribution in [0.3, 0.4) is 0 Å². The van der Waals surface area contributed by atoms with Crippen molar-refractivity contribution in [3.05, 3.63) is 112 Å². The minimum Gasteiger partial charge on any atom is -0.315 e. The molecular weight excluding hydrogens is 432 g/mol. The Labute approximate surface area is 207 Å². The van der Waals surface area contributed by atoms with Gasteiger partial charge in [-0.1, -0.05) is 86.6 Å². The van der Waals surface area contributed by atoms with Crippen LogP contribution in [0, 0.1) is 5.92 Å². The fourth-order valence-corrected chi connectivity index (χ4v) is 5.42. The van der Waals surface area contributed by atoms with E-state index in [-0.39, 0.29) is 23.6 Å². The fourth-order valence-electron chi connectivity index (χ4n) is 5.42. The van der Waals surface area contributed by atoms with E-state index >= 15 is 0 Å². The molecule has 3 aromatic carbocycles. The zero-order chi connectivity index (χ0) is 24.2. The van der Waals surface area contributed by atoms with Gasteiger partial charge in [0.15, 0.2) is 0 Å². The molecule has 2 atom stereocenters. The SMILES string of the molecule is CC(C)C(c1nc2ccccc2c(=O)n1Cc1ccccc1)N1CCNCCC1c1ccccc1. The van der Waals surface area contributed by atoms with Crippen LogP contribution in [0.4, 0.5) is 0 Å². The Morgan fingerprint density at radius 3 is 2.34 bits per heavy atom. The summed E-state index contributed by atoms with van der Waals surface area (Å²) in [7, 11) is 0. The second kappa shape index (κ2) is 10.5. The third-order valence-electron chi connectivity index (χ3n) is 7.05. The van der Waals surface area contributed by atoms with E-state index < -0.39 is 0 Å². The van der Waals surface area contributed by atoms with Crippen LogP contribution in [0.15, 0.2) is 89.7 Å².